The van der Waals surface area contributed by atoms with E-state index in [4.69, 9.17) is 9.26 Å². The third-order valence-electron chi connectivity index (χ3n) is 5.00. The number of rotatable bonds is 4. The van der Waals surface area contributed by atoms with Gasteiger partial charge in [0.15, 0.2) is 5.76 Å². The Labute approximate surface area is 171 Å². The number of anilines is 1. The second-order valence-electron chi connectivity index (χ2n) is 7.67. The molecular weight excluding hydrogens is 388 g/mol. The SMILES string of the molecule is Cc1cc(-c2ccc(C(C)C)c(S(=O)(=O)N3C[C@@H](C)Oc4ccccc43)c2)on1. The highest BCUT2D eigenvalue weighted by molar-refractivity contribution is 7.93. The fourth-order valence-corrected chi connectivity index (χ4v) is 5.51. The molecule has 29 heavy (non-hydrogen) atoms. The van der Waals surface area contributed by atoms with E-state index < -0.39 is 10.0 Å². The molecule has 7 heteroatoms. The maximum atomic E-state index is 13.8. The molecular formula is C22H24N2O4S. The third kappa shape index (κ3) is 3.51. The van der Waals surface area contributed by atoms with Crippen LogP contribution in [0.2, 0.25) is 0 Å². The summed E-state index contributed by atoms with van der Waals surface area (Å²) in [4.78, 5) is 0.281. The van der Waals surface area contributed by atoms with Gasteiger partial charge in [0.1, 0.15) is 11.9 Å². The minimum atomic E-state index is -3.82. The van der Waals surface area contributed by atoms with Gasteiger partial charge in [-0.2, -0.15) is 0 Å². The molecule has 1 atom stereocenters. The van der Waals surface area contributed by atoms with Crippen molar-refractivity contribution in [2.45, 2.75) is 44.6 Å². The van der Waals surface area contributed by atoms with Crippen LogP contribution in [0.25, 0.3) is 11.3 Å². The molecule has 0 spiro atoms. The fourth-order valence-electron chi connectivity index (χ4n) is 3.58. The van der Waals surface area contributed by atoms with Gasteiger partial charge in [0, 0.05) is 11.6 Å². The van der Waals surface area contributed by atoms with Gasteiger partial charge in [0.05, 0.1) is 22.8 Å². The number of hydrogen-bond donors (Lipinski definition) is 0. The second-order valence-corrected chi connectivity index (χ2v) is 9.50. The summed E-state index contributed by atoms with van der Waals surface area (Å²) in [5.74, 6) is 1.16. The number of sulfonamides is 1. The van der Waals surface area contributed by atoms with E-state index in [1.54, 1.807) is 24.3 Å². The molecule has 152 valence electrons. The quantitative estimate of drug-likeness (QED) is 0.618. The molecule has 0 N–H and O–H groups in total. The first-order chi connectivity index (χ1) is 13.8. The van der Waals surface area contributed by atoms with Crippen molar-refractivity contribution in [3.05, 3.63) is 59.8 Å². The summed E-state index contributed by atoms with van der Waals surface area (Å²) < 4.78 is 40.3. The summed E-state index contributed by atoms with van der Waals surface area (Å²) in [6, 6.07) is 14.5. The number of fused-ring (bicyclic) bond motifs is 1. The molecule has 0 fully saturated rings. The van der Waals surface area contributed by atoms with Gasteiger partial charge >= 0.3 is 0 Å². The van der Waals surface area contributed by atoms with E-state index in [2.05, 4.69) is 5.16 Å². The Bertz CT molecular complexity index is 1150. The van der Waals surface area contributed by atoms with E-state index in [1.807, 2.05) is 52.0 Å². The monoisotopic (exact) mass is 412 g/mol. The third-order valence-corrected chi connectivity index (χ3v) is 6.84. The van der Waals surface area contributed by atoms with Crippen LogP contribution in [0.3, 0.4) is 0 Å². The van der Waals surface area contributed by atoms with Gasteiger partial charge in [-0.25, -0.2) is 8.42 Å². The van der Waals surface area contributed by atoms with Gasteiger partial charge in [-0.3, -0.25) is 4.31 Å². The van der Waals surface area contributed by atoms with Crippen LogP contribution in [0, 0.1) is 6.92 Å². The van der Waals surface area contributed by atoms with Crippen molar-refractivity contribution in [3.8, 4) is 17.1 Å². The molecule has 2 heterocycles. The van der Waals surface area contributed by atoms with E-state index in [0.29, 0.717) is 22.8 Å². The highest BCUT2D eigenvalue weighted by Gasteiger charge is 2.34. The normalized spacial score (nSPS) is 16.6. The molecule has 1 aliphatic heterocycles. The van der Waals surface area contributed by atoms with Gasteiger partial charge in [-0.15, -0.1) is 0 Å². The topological polar surface area (TPSA) is 72.6 Å². The first-order valence-corrected chi connectivity index (χ1v) is 11.1. The lowest BCUT2D eigenvalue weighted by molar-refractivity contribution is 0.219. The van der Waals surface area contributed by atoms with Crippen LogP contribution in [0.5, 0.6) is 5.75 Å². The minimum absolute atomic E-state index is 0.0407. The van der Waals surface area contributed by atoms with Gasteiger partial charge in [-0.1, -0.05) is 43.3 Å². The molecule has 4 rings (SSSR count). The van der Waals surface area contributed by atoms with E-state index in [0.717, 1.165) is 11.3 Å². The highest BCUT2D eigenvalue weighted by Crippen LogP contribution is 2.39. The lowest BCUT2D eigenvalue weighted by Gasteiger charge is -2.34. The molecule has 0 bridgehead atoms. The molecule has 0 radical (unpaired) electrons. The number of hydrogen-bond acceptors (Lipinski definition) is 5. The number of para-hydroxylation sites is 2. The molecule has 1 aromatic heterocycles. The summed E-state index contributed by atoms with van der Waals surface area (Å²) in [5.41, 5.74) is 2.75. The van der Waals surface area contributed by atoms with E-state index >= 15 is 0 Å². The zero-order valence-electron chi connectivity index (χ0n) is 16.9. The first-order valence-electron chi connectivity index (χ1n) is 9.63. The largest absolute Gasteiger partial charge is 0.487 e. The van der Waals surface area contributed by atoms with Crippen LogP contribution in [-0.4, -0.2) is 26.2 Å². The summed E-state index contributed by atoms with van der Waals surface area (Å²) in [6.07, 6.45) is -0.248. The molecule has 2 aromatic carbocycles. The summed E-state index contributed by atoms with van der Waals surface area (Å²) in [7, 11) is -3.82. The van der Waals surface area contributed by atoms with Crippen LogP contribution >= 0.6 is 0 Å². The van der Waals surface area contributed by atoms with Gasteiger partial charge in [0.25, 0.3) is 10.0 Å². The van der Waals surface area contributed by atoms with Crippen LogP contribution in [-0.2, 0) is 10.0 Å². The molecule has 6 nitrogen and oxygen atoms in total. The average molecular weight is 413 g/mol. The number of nitrogens with zero attached hydrogens (tertiary/aromatic N) is 2. The van der Waals surface area contributed by atoms with Gasteiger partial charge < -0.3 is 9.26 Å². The zero-order chi connectivity index (χ0) is 20.8. The van der Waals surface area contributed by atoms with Crippen LogP contribution < -0.4 is 9.04 Å². The van der Waals surface area contributed by atoms with Crippen LogP contribution in [0.1, 0.15) is 37.9 Å². The predicted octanol–water partition coefficient (Wildman–Crippen LogP) is 4.75. The number of benzene rings is 2. The highest BCUT2D eigenvalue weighted by atomic mass is 32.2. The smallest absolute Gasteiger partial charge is 0.264 e. The minimum Gasteiger partial charge on any atom is -0.487 e. The van der Waals surface area contributed by atoms with Gasteiger partial charge in [0.2, 0.25) is 0 Å². The second kappa shape index (κ2) is 7.22. The van der Waals surface area contributed by atoms with Crippen molar-refractivity contribution in [2.75, 3.05) is 10.8 Å². The maximum absolute atomic E-state index is 13.8. The first kappa shape index (κ1) is 19.5. The molecule has 3 aromatic rings. The lowest BCUT2D eigenvalue weighted by Crippen LogP contribution is -2.42. The van der Waals surface area contributed by atoms with Gasteiger partial charge in [-0.05, 0) is 43.5 Å². The van der Waals surface area contributed by atoms with Crippen LogP contribution in [0.15, 0.2) is 57.9 Å². The Morgan fingerprint density at radius 1 is 1.14 bits per heavy atom. The van der Waals surface area contributed by atoms with Crippen LogP contribution in [0.4, 0.5) is 5.69 Å². The van der Waals surface area contributed by atoms with Crippen molar-refractivity contribution in [1.82, 2.24) is 5.16 Å². The zero-order valence-corrected chi connectivity index (χ0v) is 17.7. The van der Waals surface area contributed by atoms with Crippen molar-refractivity contribution in [2.24, 2.45) is 0 Å². The average Bonchev–Trinajstić information content (AvgIpc) is 3.13. The Kier molecular flexibility index (Phi) is 4.86. The van der Waals surface area contributed by atoms with E-state index in [1.165, 1.54) is 4.31 Å². The summed E-state index contributed by atoms with van der Waals surface area (Å²) >= 11 is 0. The Morgan fingerprint density at radius 3 is 2.59 bits per heavy atom. The Hall–Kier alpha value is -2.80. The van der Waals surface area contributed by atoms with E-state index in [-0.39, 0.29) is 23.5 Å². The molecule has 0 saturated heterocycles. The molecule has 0 saturated carbocycles. The van der Waals surface area contributed by atoms with Crippen molar-refractivity contribution in [3.63, 3.8) is 0 Å². The summed E-state index contributed by atoms with van der Waals surface area (Å²) in [6.45, 7) is 7.93. The lowest BCUT2D eigenvalue weighted by atomic mass is 10.0. The van der Waals surface area contributed by atoms with E-state index in [9.17, 15) is 8.42 Å². The predicted molar refractivity (Wildman–Crippen MR) is 112 cm³/mol. The Morgan fingerprint density at radius 2 is 1.90 bits per heavy atom. The Balaban J connectivity index is 1.88. The van der Waals surface area contributed by atoms with Crippen molar-refractivity contribution >= 4 is 15.7 Å². The molecule has 1 aliphatic rings. The fraction of sp³-hybridized carbons (Fsp3) is 0.318. The molecule has 0 aliphatic carbocycles. The number of aryl methyl sites for hydroxylation is 1. The molecule has 0 unspecified atom stereocenters. The summed E-state index contributed by atoms with van der Waals surface area (Å²) in [5, 5.41) is 3.92. The maximum Gasteiger partial charge on any atom is 0.264 e. The van der Waals surface area contributed by atoms with Crippen molar-refractivity contribution < 1.29 is 17.7 Å². The number of aromatic nitrogens is 1. The standard InChI is InChI=1S/C22H24N2O4S/c1-14(2)18-10-9-17(21-11-15(3)23-28-21)12-22(18)29(25,26)24-13-16(4)27-20-8-6-5-7-19(20)24/h5-12,14,16H,13H2,1-4H3/t16-/m1/s1. The number of ether oxygens (including phenoxy) is 1. The van der Waals surface area contributed by atoms with Crippen molar-refractivity contribution in [1.29, 1.82) is 0 Å². The molecule has 0 amide bonds.